The zero-order valence-electron chi connectivity index (χ0n) is 14.3. The molecule has 0 unspecified atom stereocenters. The number of aliphatic carboxylic acids is 1. The van der Waals surface area contributed by atoms with Crippen LogP contribution in [0.15, 0.2) is 36.5 Å². The Kier molecular flexibility index (Phi) is 16.7. The van der Waals surface area contributed by atoms with Gasteiger partial charge in [0.05, 0.1) is 6.42 Å². The summed E-state index contributed by atoms with van der Waals surface area (Å²) >= 11 is 0. The highest BCUT2D eigenvalue weighted by atomic mass is 16.4. The number of carbonyl (C=O) groups is 1. The largest absolute Gasteiger partial charge is 0.481 e. The Labute approximate surface area is 137 Å². The molecule has 0 atom stereocenters. The zero-order valence-corrected chi connectivity index (χ0v) is 14.3. The summed E-state index contributed by atoms with van der Waals surface area (Å²) in [6.45, 7) is 2.24. The number of unbranched alkanes of at least 4 members (excludes halogenated alkanes) is 9. The minimum atomic E-state index is -0.750. The summed E-state index contributed by atoms with van der Waals surface area (Å²) in [4.78, 5) is 10.3. The van der Waals surface area contributed by atoms with Crippen LogP contribution in [0.1, 0.15) is 84.0 Å². The van der Waals surface area contributed by atoms with Crippen molar-refractivity contribution in [1.82, 2.24) is 0 Å². The molecule has 0 aromatic rings. The topological polar surface area (TPSA) is 37.3 Å². The average molecular weight is 306 g/mol. The van der Waals surface area contributed by atoms with Crippen LogP contribution in [0.2, 0.25) is 0 Å². The highest BCUT2D eigenvalue weighted by Crippen LogP contribution is 2.08. The van der Waals surface area contributed by atoms with E-state index in [-0.39, 0.29) is 6.42 Å². The minimum Gasteiger partial charge on any atom is -0.481 e. The molecule has 1 N–H and O–H groups in total. The fraction of sp³-hybridized carbons (Fsp3) is 0.650. The molecule has 0 spiro atoms. The molecule has 0 aliphatic rings. The summed E-state index contributed by atoms with van der Waals surface area (Å²) in [6.07, 6.45) is 26.4. The van der Waals surface area contributed by atoms with E-state index in [1.165, 1.54) is 64.2 Å². The van der Waals surface area contributed by atoms with Gasteiger partial charge in [-0.15, -0.1) is 0 Å². The van der Waals surface area contributed by atoms with E-state index in [0.717, 1.165) is 6.42 Å². The zero-order chi connectivity index (χ0) is 16.3. The summed E-state index contributed by atoms with van der Waals surface area (Å²) in [6, 6.07) is 0. The van der Waals surface area contributed by atoms with Gasteiger partial charge >= 0.3 is 5.97 Å². The Hall–Kier alpha value is -1.31. The molecule has 0 heterocycles. The van der Waals surface area contributed by atoms with Crippen molar-refractivity contribution in [2.24, 2.45) is 0 Å². The summed E-state index contributed by atoms with van der Waals surface area (Å²) in [5.41, 5.74) is 0. The van der Waals surface area contributed by atoms with Crippen molar-refractivity contribution >= 4 is 5.97 Å². The smallest absolute Gasteiger partial charge is 0.307 e. The monoisotopic (exact) mass is 306 g/mol. The van der Waals surface area contributed by atoms with Crippen molar-refractivity contribution in [3.05, 3.63) is 36.5 Å². The molecule has 0 amide bonds. The molecular formula is C20H34O2. The lowest BCUT2D eigenvalue weighted by Crippen LogP contribution is -1.89. The summed E-state index contributed by atoms with van der Waals surface area (Å²) < 4.78 is 0. The van der Waals surface area contributed by atoms with Crippen LogP contribution in [0.4, 0.5) is 0 Å². The quantitative estimate of drug-likeness (QED) is 0.215. The lowest BCUT2D eigenvalue weighted by molar-refractivity contribution is -0.136. The summed E-state index contributed by atoms with van der Waals surface area (Å²) in [5, 5.41) is 8.48. The Morgan fingerprint density at radius 1 is 0.727 bits per heavy atom. The molecule has 2 nitrogen and oxygen atoms in total. The first kappa shape index (κ1) is 20.7. The van der Waals surface area contributed by atoms with Gasteiger partial charge in [-0.1, -0.05) is 75.5 Å². The molecular weight excluding hydrogens is 272 g/mol. The molecule has 0 saturated carbocycles. The maximum absolute atomic E-state index is 10.3. The first-order chi connectivity index (χ1) is 10.8. The van der Waals surface area contributed by atoms with Crippen molar-refractivity contribution in [3.8, 4) is 0 Å². The summed E-state index contributed by atoms with van der Waals surface area (Å²) in [7, 11) is 0. The molecule has 0 aliphatic heterocycles. The molecule has 0 rings (SSSR count). The van der Waals surface area contributed by atoms with Gasteiger partial charge in [0, 0.05) is 0 Å². The number of hydrogen-bond donors (Lipinski definition) is 1. The van der Waals surface area contributed by atoms with Crippen LogP contribution >= 0.6 is 0 Å². The molecule has 0 aromatic heterocycles. The molecule has 126 valence electrons. The third kappa shape index (κ3) is 18.7. The Morgan fingerprint density at radius 2 is 1.23 bits per heavy atom. The first-order valence-corrected chi connectivity index (χ1v) is 8.95. The maximum Gasteiger partial charge on any atom is 0.307 e. The number of carboxylic acids is 1. The third-order valence-corrected chi connectivity index (χ3v) is 3.56. The van der Waals surface area contributed by atoms with Crippen LogP contribution < -0.4 is 0 Å². The Bertz CT molecular complexity index is 327. The van der Waals surface area contributed by atoms with Gasteiger partial charge in [-0.2, -0.15) is 0 Å². The van der Waals surface area contributed by atoms with Gasteiger partial charge in [-0.3, -0.25) is 4.79 Å². The SMILES string of the molecule is CCCCCC=CC=CCCCCCCCC=CCC(=O)O. The normalized spacial score (nSPS) is 12.0. The van der Waals surface area contributed by atoms with E-state index in [0.29, 0.717) is 0 Å². The van der Waals surface area contributed by atoms with E-state index < -0.39 is 5.97 Å². The highest BCUT2D eigenvalue weighted by molar-refractivity contribution is 5.68. The lowest BCUT2D eigenvalue weighted by atomic mass is 10.1. The first-order valence-electron chi connectivity index (χ1n) is 8.95. The second-order valence-corrected chi connectivity index (χ2v) is 5.77. The maximum atomic E-state index is 10.3. The fourth-order valence-electron chi connectivity index (χ4n) is 2.22. The number of carboxylic acid groups (broad SMARTS) is 1. The van der Waals surface area contributed by atoms with E-state index in [2.05, 4.69) is 31.2 Å². The van der Waals surface area contributed by atoms with Crippen LogP contribution in [-0.4, -0.2) is 11.1 Å². The van der Waals surface area contributed by atoms with E-state index in [1.54, 1.807) is 6.08 Å². The predicted molar refractivity (Wildman–Crippen MR) is 96.1 cm³/mol. The van der Waals surface area contributed by atoms with Crippen LogP contribution in [-0.2, 0) is 4.79 Å². The molecule has 0 fully saturated rings. The molecule has 0 saturated heterocycles. The third-order valence-electron chi connectivity index (χ3n) is 3.56. The van der Waals surface area contributed by atoms with Crippen LogP contribution in [0, 0.1) is 0 Å². The predicted octanol–water partition coefficient (Wildman–Crippen LogP) is 6.44. The van der Waals surface area contributed by atoms with Gasteiger partial charge in [0.15, 0.2) is 0 Å². The van der Waals surface area contributed by atoms with Crippen molar-refractivity contribution in [2.45, 2.75) is 84.0 Å². The molecule has 2 heteroatoms. The molecule has 0 aliphatic carbocycles. The average Bonchev–Trinajstić information content (AvgIpc) is 2.50. The second kappa shape index (κ2) is 17.7. The van der Waals surface area contributed by atoms with E-state index in [9.17, 15) is 4.79 Å². The van der Waals surface area contributed by atoms with E-state index >= 15 is 0 Å². The standard InChI is InChI=1S/C20H34O2/c1-2-3-4-5-6-7-8-9-10-11-12-13-14-15-16-17-18-19-20(21)22/h6-9,17-18H,2-5,10-16,19H2,1H3,(H,21,22). The van der Waals surface area contributed by atoms with Gasteiger partial charge in [0.25, 0.3) is 0 Å². The lowest BCUT2D eigenvalue weighted by Gasteiger charge is -1.98. The van der Waals surface area contributed by atoms with Crippen LogP contribution in [0.3, 0.4) is 0 Å². The van der Waals surface area contributed by atoms with Gasteiger partial charge in [-0.25, -0.2) is 0 Å². The van der Waals surface area contributed by atoms with Gasteiger partial charge < -0.3 is 5.11 Å². The summed E-state index contributed by atoms with van der Waals surface area (Å²) in [5.74, 6) is -0.750. The van der Waals surface area contributed by atoms with Crippen LogP contribution in [0.25, 0.3) is 0 Å². The highest BCUT2D eigenvalue weighted by Gasteiger charge is 1.90. The van der Waals surface area contributed by atoms with Gasteiger partial charge in [-0.05, 0) is 38.5 Å². The fourth-order valence-corrected chi connectivity index (χ4v) is 2.22. The Balaban J connectivity index is 3.22. The number of allylic oxidation sites excluding steroid dienone is 5. The number of hydrogen-bond acceptors (Lipinski definition) is 1. The van der Waals surface area contributed by atoms with Crippen molar-refractivity contribution in [3.63, 3.8) is 0 Å². The van der Waals surface area contributed by atoms with Crippen molar-refractivity contribution in [1.29, 1.82) is 0 Å². The molecule has 0 radical (unpaired) electrons. The van der Waals surface area contributed by atoms with Crippen molar-refractivity contribution in [2.75, 3.05) is 0 Å². The van der Waals surface area contributed by atoms with E-state index in [4.69, 9.17) is 5.11 Å². The van der Waals surface area contributed by atoms with Crippen molar-refractivity contribution < 1.29 is 9.90 Å². The second-order valence-electron chi connectivity index (χ2n) is 5.77. The molecule has 0 bridgehead atoms. The van der Waals surface area contributed by atoms with Gasteiger partial charge in [0.1, 0.15) is 0 Å². The van der Waals surface area contributed by atoms with Crippen LogP contribution in [0.5, 0.6) is 0 Å². The molecule has 22 heavy (non-hydrogen) atoms. The molecule has 0 aromatic carbocycles. The Morgan fingerprint density at radius 3 is 1.77 bits per heavy atom. The number of rotatable bonds is 15. The van der Waals surface area contributed by atoms with Gasteiger partial charge in [0.2, 0.25) is 0 Å². The minimum absolute atomic E-state index is 0.152. The van der Waals surface area contributed by atoms with E-state index in [1.807, 2.05) is 6.08 Å².